The van der Waals surface area contributed by atoms with Crippen molar-refractivity contribution in [1.29, 1.82) is 0 Å². The number of nitrogens with one attached hydrogen (secondary N) is 2. The number of carbonyl (C=O) groups excluding carboxylic acids is 1. The van der Waals surface area contributed by atoms with E-state index in [-0.39, 0.29) is 33.6 Å². The molecule has 0 radical (unpaired) electrons. The van der Waals surface area contributed by atoms with Gasteiger partial charge in [-0.15, -0.1) is 0 Å². The lowest BCUT2D eigenvalue weighted by Gasteiger charge is -2.22. The molecule has 0 aliphatic carbocycles. The molecule has 4 N–H and O–H groups in total. The number of fused-ring (bicyclic) bond motifs is 1. The number of halogens is 2. The van der Waals surface area contributed by atoms with Crippen LogP contribution in [0, 0.1) is 19.7 Å². The maximum atomic E-state index is 14.2. The van der Waals surface area contributed by atoms with Crippen molar-refractivity contribution < 1.29 is 22.3 Å². The molecule has 0 amide bonds. The number of benzene rings is 3. The number of nitrogens with zero attached hydrogens (tertiary/aromatic N) is 2. The van der Waals surface area contributed by atoms with Crippen molar-refractivity contribution in [2.75, 3.05) is 16.0 Å². The molecular formula is C28H27ClFN5O4S. The zero-order valence-corrected chi connectivity index (χ0v) is 23.7. The summed E-state index contributed by atoms with van der Waals surface area (Å²) in [5.41, 5.74) is 9.71. The molecule has 0 aliphatic heterocycles. The van der Waals surface area contributed by atoms with Gasteiger partial charge in [-0.05, 0) is 80.4 Å². The summed E-state index contributed by atoms with van der Waals surface area (Å²) in [6, 6.07) is 14.2. The fourth-order valence-corrected chi connectivity index (χ4v) is 4.93. The Hall–Kier alpha value is -4.35. The summed E-state index contributed by atoms with van der Waals surface area (Å²) >= 11 is 6.07. The first kappa shape index (κ1) is 28.7. The highest BCUT2D eigenvalue weighted by atomic mass is 35.5. The first-order valence-electron chi connectivity index (χ1n) is 11.9. The van der Waals surface area contributed by atoms with Crippen LogP contribution in [-0.4, -0.2) is 32.2 Å². The van der Waals surface area contributed by atoms with Gasteiger partial charge in [-0.25, -0.2) is 17.8 Å². The third kappa shape index (κ3) is 5.95. The maximum absolute atomic E-state index is 14.2. The number of nitrogens with two attached hydrogens (primary N) is 1. The van der Waals surface area contributed by atoms with E-state index in [2.05, 4.69) is 21.5 Å². The standard InChI is InChI=1S/C28H27ClFN5O4S/c1-15-11-18-13-24(33-23(18)14-22(15)34-40(5,37)38)26(36)17(3)28(31)35(32-4)25-10-9-19(12-16(25)2)39-27-20(29)7-6-8-21(27)30/h6-14,33-34H,4,31H2,1-3,5H3/b28-17+. The Balaban J connectivity index is 1.63. The van der Waals surface area contributed by atoms with Crippen LogP contribution in [0.1, 0.15) is 28.5 Å². The van der Waals surface area contributed by atoms with E-state index in [9.17, 15) is 17.6 Å². The molecule has 0 aliphatic rings. The van der Waals surface area contributed by atoms with E-state index in [0.29, 0.717) is 33.8 Å². The quantitative estimate of drug-likeness (QED) is 0.0926. The number of Topliss-reactive ketones (excluding diaryl/α,β-unsaturated/α-hetero) is 1. The number of H-pyrrole nitrogens is 1. The molecule has 0 unspecified atom stereocenters. The van der Waals surface area contributed by atoms with Crippen LogP contribution in [-0.2, 0) is 10.0 Å². The van der Waals surface area contributed by atoms with Crippen LogP contribution in [0.5, 0.6) is 11.5 Å². The summed E-state index contributed by atoms with van der Waals surface area (Å²) in [7, 11) is -3.47. The van der Waals surface area contributed by atoms with E-state index in [1.807, 2.05) is 0 Å². The van der Waals surface area contributed by atoms with Crippen molar-refractivity contribution in [3.63, 3.8) is 0 Å². The highest BCUT2D eigenvalue weighted by molar-refractivity contribution is 7.92. The van der Waals surface area contributed by atoms with Gasteiger partial charge in [0.15, 0.2) is 11.6 Å². The SMILES string of the molecule is C=NN(/C(N)=C(\C)C(=O)c1cc2cc(C)c(NS(C)(=O)=O)cc2[nH]1)c1ccc(Oc2c(F)cccc2Cl)cc1C. The lowest BCUT2D eigenvalue weighted by Crippen LogP contribution is -2.26. The molecule has 1 heterocycles. The third-order valence-corrected chi connectivity index (χ3v) is 7.02. The second-order valence-corrected chi connectivity index (χ2v) is 11.4. The number of ketones is 1. The minimum Gasteiger partial charge on any atom is -0.453 e. The largest absolute Gasteiger partial charge is 0.453 e. The van der Waals surface area contributed by atoms with Gasteiger partial charge in [-0.1, -0.05) is 17.7 Å². The van der Waals surface area contributed by atoms with E-state index in [4.69, 9.17) is 22.1 Å². The molecule has 4 aromatic rings. The Labute approximate surface area is 236 Å². The van der Waals surface area contributed by atoms with Crippen LogP contribution in [0.15, 0.2) is 71.1 Å². The average Bonchev–Trinajstić information content (AvgIpc) is 3.28. The van der Waals surface area contributed by atoms with Gasteiger partial charge in [0.25, 0.3) is 0 Å². The fourth-order valence-electron chi connectivity index (χ4n) is 4.11. The molecule has 0 bridgehead atoms. The van der Waals surface area contributed by atoms with Crippen LogP contribution in [0.4, 0.5) is 15.8 Å². The number of hydrogen-bond donors (Lipinski definition) is 3. The molecule has 0 saturated heterocycles. The van der Waals surface area contributed by atoms with Crippen molar-refractivity contribution in [1.82, 2.24) is 4.98 Å². The third-order valence-electron chi connectivity index (χ3n) is 6.14. The summed E-state index contributed by atoms with van der Waals surface area (Å²) in [6.07, 6.45) is 1.07. The van der Waals surface area contributed by atoms with Crippen molar-refractivity contribution in [3.8, 4) is 11.5 Å². The lowest BCUT2D eigenvalue weighted by molar-refractivity contribution is 0.102. The number of ether oxygens (including phenoxy) is 1. The van der Waals surface area contributed by atoms with Gasteiger partial charge in [0.2, 0.25) is 15.8 Å². The number of aromatic nitrogens is 1. The van der Waals surface area contributed by atoms with Gasteiger partial charge in [0, 0.05) is 23.2 Å². The number of rotatable bonds is 9. The van der Waals surface area contributed by atoms with Crippen molar-refractivity contribution in [2.45, 2.75) is 20.8 Å². The fraction of sp³-hybridized carbons (Fsp3) is 0.143. The predicted molar refractivity (Wildman–Crippen MR) is 157 cm³/mol. The van der Waals surface area contributed by atoms with Crippen molar-refractivity contribution in [2.24, 2.45) is 10.8 Å². The molecule has 40 heavy (non-hydrogen) atoms. The van der Waals surface area contributed by atoms with Crippen LogP contribution in [0.2, 0.25) is 5.02 Å². The van der Waals surface area contributed by atoms with E-state index in [1.54, 1.807) is 57.2 Å². The summed E-state index contributed by atoms with van der Waals surface area (Å²) in [5, 5.41) is 6.19. The number of allylic oxidation sites excluding steroid dienone is 1. The number of hydrogen-bond acceptors (Lipinski definition) is 7. The zero-order valence-electron chi connectivity index (χ0n) is 22.2. The van der Waals surface area contributed by atoms with Gasteiger partial charge in [0.1, 0.15) is 11.6 Å². The summed E-state index contributed by atoms with van der Waals surface area (Å²) in [6.45, 7) is 8.70. The average molecular weight is 584 g/mol. The topological polar surface area (TPSA) is 130 Å². The number of carbonyl (C=O) groups is 1. The van der Waals surface area contributed by atoms with Crippen LogP contribution < -0.4 is 20.2 Å². The van der Waals surface area contributed by atoms with E-state index in [1.165, 1.54) is 23.2 Å². The van der Waals surface area contributed by atoms with Crippen LogP contribution in [0.25, 0.3) is 10.9 Å². The van der Waals surface area contributed by atoms with Gasteiger partial charge < -0.3 is 15.5 Å². The van der Waals surface area contributed by atoms with E-state index < -0.39 is 15.8 Å². The zero-order chi connectivity index (χ0) is 29.4. The molecule has 3 aromatic carbocycles. The van der Waals surface area contributed by atoms with Gasteiger partial charge in [-0.3, -0.25) is 9.52 Å². The van der Waals surface area contributed by atoms with Gasteiger partial charge in [-0.2, -0.15) is 5.10 Å². The smallest absolute Gasteiger partial charge is 0.229 e. The second kappa shape index (κ2) is 11.0. The first-order chi connectivity index (χ1) is 18.8. The predicted octanol–water partition coefficient (Wildman–Crippen LogP) is 6.24. The minimum atomic E-state index is -3.47. The molecule has 12 heteroatoms. The molecule has 208 valence electrons. The Morgan fingerprint density at radius 2 is 1.88 bits per heavy atom. The highest BCUT2D eigenvalue weighted by Crippen LogP contribution is 2.35. The highest BCUT2D eigenvalue weighted by Gasteiger charge is 2.21. The monoisotopic (exact) mass is 583 g/mol. The molecule has 4 rings (SSSR count). The second-order valence-electron chi connectivity index (χ2n) is 9.21. The number of para-hydroxylation sites is 1. The van der Waals surface area contributed by atoms with E-state index >= 15 is 0 Å². The normalized spacial score (nSPS) is 12.2. The first-order valence-corrected chi connectivity index (χ1v) is 14.2. The number of hydrazone groups is 1. The van der Waals surface area contributed by atoms with Crippen LogP contribution in [0.3, 0.4) is 0 Å². The molecule has 9 nitrogen and oxygen atoms in total. The number of anilines is 2. The Bertz CT molecular complexity index is 1780. The number of sulfonamides is 1. The molecule has 0 atom stereocenters. The minimum absolute atomic E-state index is 0.0446. The summed E-state index contributed by atoms with van der Waals surface area (Å²) in [4.78, 5) is 16.4. The van der Waals surface area contributed by atoms with Gasteiger partial charge >= 0.3 is 0 Å². The molecule has 0 fully saturated rings. The summed E-state index contributed by atoms with van der Waals surface area (Å²) in [5.74, 6) is -0.693. The Morgan fingerprint density at radius 3 is 2.50 bits per heavy atom. The Kier molecular flexibility index (Phi) is 7.90. The van der Waals surface area contributed by atoms with Crippen LogP contribution >= 0.6 is 11.6 Å². The summed E-state index contributed by atoms with van der Waals surface area (Å²) < 4.78 is 45.7. The Morgan fingerprint density at radius 1 is 1.15 bits per heavy atom. The number of aromatic amines is 1. The van der Waals surface area contributed by atoms with Gasteiger partial charge in [0.05, 0.1) is 28.3 Å². The molecule has 0 saturated carbocycles. The molecular weight excluding hydrogens is 557 g/mol. The molecule has 0 spiro atoms. The lowest BCUT2D eigenvalue weighted by atomic mass is 10.1. The van der Waals surface area contributed by atoms with Crippen molar-refractivity contribution in [3.05, 3.63) is 93.7 Å². The number of aryl methyl sites for hydroxylation is 2. The molecule has 1 aromatic heterocycles. The van der Waals surface area contributed by atoms with E-state index in [0.717, 1.165) is 11.6 Å². The maximum Gasteiger partial charge on any atom is 0.229 e. The van der Waals surface area contributed by atoms with Crippen molar-refractivity contribution >= 4 is 56.4 Å².